The molecule has 2 N–H and O–H groups in total. The number of hydrogen-bond acceptors (Lipinski definition) is 5. The van der Waals surface area contributed by atoms with Gasteiger partial charge in [-0.1, -0.05) is 18.2 Å². The number of halogens is 1. The van der Waals surface area contributed by atoms with Crippen molar-refractivity contribution in [1.82, 2.24) is 15.6 Å². The lowest BCUT2D eigenvalue weighted by molar-refractivity contribution is 0.232. The number of nitrogens with one attached hydrogen (secondary N) is 2. The summed E-state index contributed by atoms with van der Waals surface area (Å²) in [7, 11) is -1.44. The standard InChI is InChI=1S/C20H28N4O3S.HI/c1-15(2)27-19-10-7-17(13-23-19)14-24-20(21-3)22-12-11-16-5-8-18(9-6-16)28(4,25)26;/h5-10,13,15H,11-12,14H2,1-4H3,(H2,21,22,24);1H. The van der Waals surface area contributed by atoms with E-state index >= 15 is 0 Å². The molecule has 0 saturated carbocycles. The second-order valence-electron chi connectivity index (χ2n) is 6.69. The Labute approximate surface area is 190 Å². The van der Waals surface area contributed by atoms with E-state index in [2.05, 4.69) is 20.6 Å². The van der Waals surface area contributed by atoms with E-state index in [1.807, 2.05) is 38.1 Å². The van der Waals surface area contributed by atoms with Crippen LogP contribution in [0.3, 0.4) is 0 Å². The van der Waals surface area contributed by atoms with Crippen LogP contribution in [0.5, 0.6) is 5.88 Å². The molecule has 2 rings (SSSR count). The van der Waals surface area contributed by atoms with Gasteiger partial charge in [0.15, 0.2) is 15.8 Å². The topological polar surface area (TPSA) is 92.7 Å². The molecule has 0 aliphatic carbocycles. The Kier molecular flexibility index (Phi) is 10.4. The van der Waals surface area contributed by atoms with E-state index in [1.165, 1.54) is 6.26 Å². The molecule has 1 aromatic heterocycles. The number of aliphatic imine (C=N–C) groups is 1. The van der Waals surface area contributed by atoms with Crippen molar-refractivity contribution in [3.63, 3.8) is 0 Å². The molecular formula is C20H29IN4O3S. The van der Waals surface area contributed by atoms with E-state index in [0.717, 1.165) is 17.5 Å². The summed E-state index contributed by atoms with van der Waals surface area (Å²) in [6, 6.07) is 10.8. The molecular weight excluding hydrogens is 503 g/mol. The molecule has 0 aliphatic heterocycles. The van der Waals surface area contributed by atoms with Crippen molar-refractivity contribution in [1.29, 1.82) is 0 Å². The van der Waals surface area contributed by atoms with Crippen molar-refractivity contribution in [2.75, 3.05) is 19.8 Å². The number of guanidine groups is 1. The maximum Gasteiger partial charge on any atom is 0.213 e. The van der Waals surface area contributed by atoms with E-state index in [0.29, 0.717) is 29.8 Å². The van der Waals surface area contributed by atoms with E-state index in [-0.39, 0.29) is 30.1 Å². The molecule has 0 fully saturated rings. The molecule has 0 unspecified atom stereocenters. The molecule has 0 radical (unpaired) electrons. The van der Waals surface area contributed by atoms with E-state index < -0.39 is 9.84 Å². The van der Waals surface area contributed by atoms with Gasteiger partial charge in [0.2, 0.25) is 5.88 Å². The average Bonchev–Trinajstić information content (AvgIpc) is 2.65. The van der Waals surface area contributed by atoms with Gasteiger partial charge in [-0.25, -0.2) is 13.4 Å². The van der Waals surface area contributed by atoms with Gasteiger partial charge < -0.3 is 15.4 Å². The van der Waals surface area contributed by atoms with Crippen LogP contribution >= 0.6 is 24.0 Å². The van der Waals surface area contributed by atoms with Gasteiger partial charge in [-0.15, -0.1) is 24.0 Å². The molecule has 1 heterocycles. The molecule has 0 aliphatic rings. The van der Waals surface area contributed by atoms with Gasteiger partial charge in [0.05, 0.1) is 11.0 Å². The van der Waals surface area contributed by atoms with Crippen molar-refractivity contribution in [3.8, 4) is 5.88 Å². The van der Waals surface area contributed by atoms with E-state index in [9.17, 15) is 8.42 Å². The molecule has 2 aromatic rings. The molecule has 0 atom stereocenters. The third kappa shape index (κ3) is 8.99. The lowest BCUT2D eigenvalue weighted by Crippen LogP contribution is -2.37. The fraction of sp³-hybridized carbons (Fsp3) is 0.400. The van der Waals surface area contributed by atoms with Crippen LogP contribution in [0, 0.1) is 0 Å². The second kappa shape index (κ2) is 12.0. The highest BCUT2D eigenvalue weighted by Gasteiger charge is 2.06. The highest BCUT2D eigenvalue weighted by Crippen LogP contribution is 2.11. The molecule has 160 valence electrons. The summed E-state index contributed by atoms with van der Waals surface area (Å²) >= 11 is 0. The Balaban J connectivity index is 0.00000420. The Hall–Kier alpha value is -1.88. The van der Waals surface area contributed by atoms with Crippen molar-refractivity contribution >= 4 is 39.8 Å². The third-order valence-corrected chi connectivity index (χ3v) is 5.02. The first-order chi connectivity index (χ1) is 13.3. The fourth-order valence-corrected chi connectivity index (χ4v) is 3.09. The van der Waals surface area contributed by atoms with Crippen LogP contribution in [-0.2, 0) is 22.8 Å². The summed E-state index contributed by atoms with van der Waals surface area (Å²) in [6.07, 6.45) is 3.84. The summed E-state index contributed by atoms with van der Waals surface area (Å²) in [5, 5.41) is 6.49. The smallest absolute Gasteiger partial charge is 0.213 e. The summed E-state index contributed by atoms with van der Waals surface area (Å²) in [5.74, 6) is 1.30. The van der Waals surface area contributed by atoms with Crippen molar-refractivity contribution in [2.24, 2.45) is 4.99 Å². The molecule has 0 bridgehead atoms. The van der Waals surface area contributed by atoms with E-state index in [1.54, 1.807) is 25.4 Å². The maximum absolute atomic E-state index is 11.5. The van der Waals surface area contributed by atoms with Gasteiger partial charge in [-0.2, -0.15) is 0 Å². The summed E-state index contributed by atoms with van der Waals surface area (Å²) < 4.78 is 28.5. The van der Waals surface area contributed by atoms with Gasteiger partial charge in [0, 0.05) is 38.7 Å². The molecule has 9 heteroatoms. The van der Waals surface area contributed by atoms with Crippen molar-refractivity contribution < 1.29 is 13.2 Å². The summed E-state index contributed by atoms with van der Waals surface area (Å²) in [4.78, 5) is 8.82. The monoisotopic (exact) mass is 532 g/mol. The molecule has 0 spiro atoms. The average molecular weight is 532 g/mol. The molecule has 0 saturated heterocycles. The van der Waals surface area contributed by atoms with Crippen molar-refractivity contribution in [3.05, 3.63) is 53.7 Å². The lowest BCUT2D eigenvalue weighted by Gasteiger charge is -2.13. The maximum atomic E-state index is 11.5. The van der Waals surface area contributed by atoms with Gasteiger partial charge >= 0.3 is 0 Å². The van der Waals surface area contributed by atoms with Gasteiger partial charge in [0.25, 0.3) is 0 Å². The SMILES string of the molecule is CN=C(NCCc1ccc(S(C)(=O)=O)cc1)NCc1ccc(OC(C)C)nc1.I. The first kappa shape index (κ1) is 25.2. The summed E-state index contributed by atoms with van der Waals surface area (Å²) in [5.41, 5.74) is 2.08. The number of sulfone groups is 1. The van der Waals surface area contributed by atoms with Crippen LogP contribution in [0.2, 0.25) is 0 Å². The zero-order valence-electron chi connectivity index (χ0n) is 17.2. The second-order valence-corrected chi connectivity index (χ2v) is 8.71. The zero-order valence-corrected chi connectivity index (χ0v) is 20.3. The highest BCUT2D eigenvalue weighted by molar-refractivity contribution is 14.0. The van der Waals surface area contributed by atoms with Crippen molar-refractivity contribution in [2.45, 2.75) is 37.8 Å². The van der Waals surface area contributed by atoms with Gasteiger partial charge in [-0.05, 0) is 43.5 Å². The molecule has 0 amide bonds. The number of hydrogen-bond donors (Lipinski definition) is 2. The minimum Gasteiger partial charge on any atom is -0.475 e. The first-order valence-corrected chi connectivity index (χ1v) is 11.0. The number of pyridine rings is 1. The van der Waals surface area contributed by atoms with Crippen LogP contribution in [0.15, 0.2) is 52.5 Å². The van der Waals surface area contributed by atoms with Crippen LogP contribution in [0.4, 0.5) is 0 Å². The Morgan fingerprint density at radius 1 is 1.10 bits per heavy atom. The lowest BCUT2D eigenvalue weighted by atomic mass is 10.1. The normalized spacial score (nSPS) is 11.7. The number of nitrogens with zero attached hydrogens (tertiary/aromatic N) is 2. The van der Waals surface area contributed by atoms with Crippen LogP contribution in [0.1, 0.15) is 25.0 Å². The van der Waals surface area contributed by atoms with Crippen LogP contribution in [-0.4, -0.2) is 45.3 Å². The van der Waals surface area contributed by atoms with Crippen LogP contribution < -0.4 is 15.4 Å². The van der Waals surface area contributed by atoms with E-state index in [4.69, 9.17) is 4.74 Å². The predicted molar refractivity (Wildman–Crippen MR) is 127 cm³/mol. The zero-order chi connectivity index (χ0) is 20.6. The number of benzene rings is 1. The van der Waals surface area contributed by atoms with Gasteiger partial charge in [-0.3, -0.25) is 4.99 Å². The Bertz CT molecular complexity index is 883. The largest absolute Gasteiger partial charge is 0.475 e. The third-order valence-electron chi connectivity index (χ3n) is 3.90. The minimum absolute atomic E-state index is 0. The highest BCUT2D eigenvalue weighted by atomic mass is 127. The number of aromatic nitrogens is 1. The Morgan fingerprint density at radius 3 is 2.28 bits per heavy atom. The number of rotatable bonds is 8. The van der Waals surface area contributed by atoms with Crippen LogP contribution in [0.25, 0.3) is 0 Å². The fourth-order valence-electron chi connectivity index (χ4n) is 2.46. The quantitative estimate of drug-likeness (QED) is 0.309. The summed E-state index contributed by atoms with van der Waals surface area (Å²) in [6.45, 7) is 5.20. The molecule has 1 aromatic carbocycles. The number of ether oxygens (including phenoxy) is 1. The molecule has 29 heavy (non-hydrogen) atoms. The first-order valence-electron chi connectivity index (χ1n) is 9.13. The minimum atomic E-state index is -3.16. The molecule has 7 nitrogen and oxygen atoms in total. The van der Waals surface area contributed by atoms with Gasteiger partial charge in [0.1, 0.15) is 0 Å². The Morgan fingerprint density at radius 2 is 1.76 bits per heavy atom. The predicted octanol–water partition coefficient (Wildman–Crippen LogP) is 2.80.